The number of halogens is 5. The molecule has 0 fully saturated rings. The molecule has 0 aliphatic carbocycles. The zero-order chi connectivity index (χ0) is 21.5. The van der Waals surface area contributed by atoms with Gasteiger partial charge in [-0.3, -0.25) is 4.79 Å². The van der Waals surface area contributed by atoms with Crippen LogP contribution in [0, 0.1) is 0 Å². The highest BCUT2D eigenvalue weighted by Crippen LogP contribution is 2.44. The molecule has 0 saturated heterocycles. The van der Waals surface area contributed by atoms with Crippen molar-refractivity contribution in [1.82, 2.24) is 9.78 Å². The number of alkyl halides is 3. The quantitative estimate of drug-likeness (QED) is 0.406. The molecule has 1 aromatic heterocycles. The van der Waals surface area contributed by atoms with Crippen molar-refractivity contribution in [3.63, 3.8) is 0 Å². The van der Waals surface area contributed by atoms with Gasteiger partial charge in [0.1, 0.15) is 11.4 Å². The largest absolute Gasteiger partial charge is 0.410 e. The molecule has 2 N–H and O–H groups in total. The van der Waals surface area contributed by atoms with E-state index in [9.17, 15) is 18.0 Å². The summed E-state index contributed by atoms with van der Waals surface area (Å²) in [6.45, 7) is 0. The molecule has 156 valence electrons. The fourth-order valence-electron chi connectivity index (χ4n) is 3.37. The average Bonchev–Trinajstić information content (AvgIpc) is 3.13. The van der Waals surface area contributed by atoms with Gasteiger partial charge in [0.15, 0.2) is 6.04 Å². The first-order valence-electron chi connectivity index (χ1n) is 8.95. The summed E-state index contributed by atoms with van der Waals surface area (Å²) in [4.78, 5) is 12.8. The number of nitrogens with one attached hydrogen (secondary N) is 2. The third-order valence-corrected chi connectivity index (χ3v) is 5.91. The number of carbonyl (C=O) groups is 1. The first kappa shape index (κ1) is 20.9. The first-order chi connectivity index (χ1) is 14.2. The van der Waals surface area contributed by atoms with Crippen molar-refractivity contribution in [1.29, 1.82) is 0 Å². The van der Waals surface area contributed by atoms with Gasteiger partial charge < -0.3 is 10.6 Å². The Kier molecular flexibility index (Phi) is 5.63. The summed E-state index contributed by atoms with van der Waals surface area (Å²) < 4.78 is 43.8. The number of carbonyl (C=O) groups excluding carboxylic acids is 1. The van der Waals surface area contributed by atoms with E-state index in [4.69, 9.17) is 0 Å². The lowest BCUT2D eigenvalue weighted by atomic mass is 9.96. The van der Waals surface area contributed by atoms with Crippen molar-refractivity contribution in [2.75, 3.05) is 10.6 Å². The van der Waals surface area contributed by atoms with E-state index in [-0.39, 0.29) is 17.8 Å². The Balaban J connectivity index is 1.68. The molecular weight excluding hydrogens is 529 g/mol. The van der Waals surface area contributed by atoms with Crippen molar-refractivity contribution < 1.29 is 18.0 Å². The Morgan fingerprint density at radius 2 is 1.67 bits per heavy atom. The number of hydrogen-bond acceptors (Lipinski definition) is 3. The molecule has 0 radical (unpaired) electrons. The van der Waals surface area contributed by atoms with E-state index < -0.39 is 24.2 Å². The van der Waals surface area contributed by atoms with E-state index in [1.807, 2.05) is 0 Å². The van der Waals surface area contributed by atoms with Gasteiger partial charge in [-0.2, -0.15) is 18.3 Å². The number of benzene rings is 2. The van der Waals surface area contributed by atoms with Crippen molar-refractivity contribution in [2.24, 2.45) is 0 Å². The second kappa shape index (κ2) is 8.07. The van der Waals surface area contributed by atoms with Crippen molar-refractivity contribution in [3.05, 3.63) is 74.8 Å². The molecule has 1 amide bonds. The Bertz CT molecular complexity index is 1070. The molecule has 0 spiro atoms. The number of fused-ring (bicyclic) bond motifs is 1. The van der Waals surface area contributed by atoms with E-state index >= 15 is 0 Å². The summed E-state index contributed by atoms with van der Waals surface area (Å²) in [5.41, 5.74) is 1.27. The van der Waals surface area contributed by atoms with Gasteiger partial charge in [-0.15, -0.1) is 0 Å². The van der Waals surface area contributed by atoms with Crippen molar-refractivity contribution >= 4 is 49.3 Å². The third kappa shape index (κ3) is 4.24. The topological polar surface area (TPSA) is 59.0 Å². The van der Waals surface area contributed by atoms with Crippen LogP contribution in [-0.2, 0) is 0 Å². The minimum Gasteiger partial charge on any atom is -0.363 e. The van der Waals surface area contributed by atoms with Gasteiger partial charge in [0.2, 0.25) is 0 Å². The Hall–Kier alpha value is -2.33. The Morgan fingerprint density at radius 1 is 1.07 bits per heavy atom. The molecule has 2 atom stereocenters. The lowest BCUT2D eigenvalue weighted by Crippen LogP contribution is -2.36. The van der Waals surface area contributed by atoms with E-state index in [1.54, 1.807) is 48.5 Å². The summed E-state index contributed by atoms with van der Waals surface area (Å²) in [5, 5.41) is 9.65. The standard InChI is InChI=1S/C20H15Br2F3N4O/c21-12-3-1-11(2-4-12)16-9-17(20(23,24)25)29-18(28-16)15(10-26-29)19(30)27-14-7-5-13(22)6-8-14/h1-8,10,16-17,28H,9H2,(H,27,30)/t16-,17-/m1/s1. The fraction of sp³-hybridized carbons (Fsp3) is 0.200. The second-order valence-electron chi connectivity index (χ2n) is 6.85. The predicted molar refractivity (Wildman–Crippen MR) is 115 cm³/mol. The van der Waals surface area contributed by atoms with Gasteiger partial charge in [0, 0.05) is 21.1 Å². The molecule has 1 aliphatic rings. The Morgan fingerprint density at radius 3 is 2.27 bits per heavy atom. The van der Waals surface area contributed by atoms with E-state index in [1.165, 1.54) is 6.20 Å². The molecule has 30 heavy (non-hydrogen) atoms. The number of nitrogens with zero attached hydrogens (tertiary/aromatic N) is 2. The van der Waals surface area contributed by atoms with Gasteiger partial charge >= 0.3 is 6.18 Å². The highest BCUT2D eigenvalue weighted by atomic mass is 79.9. The number of aromatic nitrogens is 2. The highest BCUT2D eigenvalue weighted by molar-refractivity contribution is 9.10. The molecular formula is C20H15Br2F3N4O. The SMILES string of the molecule is O=C(Nc1ccc(Br)cc1)c1cnn2c1N[C@@H](c1ccc(Br)cc1)C[C@@H]2C(F)(F)F. The molecule has 4 rings (SSSR count). The molecule has 2 aromatic carbocycles. The minimum atomic E-state index is -4.50. The number of hydrogen-bond donors (Lipinski definition) is 2. The Labute approximate surface area is 186 Å². The molecule has 10 heteroatoms. The average molecular weight is 544 g/mol. The summed E-state index contributed by atoms with van der Waals surface area (Å²) in [6, 6.07) is 11.5. The summed E-state index contributed by atoms with van der Waals surface area (Å²) in [7, 11) is 0. The zero-order valence-corrected chi connectivity index (χ0v) is 18.4. The summed E-state index contributed by atoms with van der Waals surface area (Å²) in [5.74, 6) is -0.491. The lowest BCUT2D eigenvalue weighted by Gasteiger charge is -2.34. The summed E-state index contributed by atoms with van der Waals surface area (Å²) >= 11 is 6.64. The molecule has 2 heterocycles. The maximum Gasteiger partial charge on any atom is 0.410 e. The minimum absolute atomic E-state index is 0.0473. The van der Waals surface area contributed by atoms with Crippen LogP contribution in [0.3, 0.4) is 0 Å². The van der Waals surface area contributed by atoms with Crippen LogP contribution in [0.25, 0.3) is 0 Å². The third-order valence-electron chi connectivity index (χ3n) is 4.86. The molecule has 0 saturated carbocycles. The van der Waals surface area contributed by atoms with E-state index in [0.29, 0.717) is 11.3 Å². The first-order valence-corrected chi connectivity index (χ1v) is 10.5. The van der Waals surface area contributed by atoms with Gasteiger partial charge in [0.05, 0.1) is 12.2 Å². The van der Waals surface area contributed by atoms with Crippen LogP contribution in [0.15, 0.2) is 63.7 Å². The van der Waals surface area contributed by atoms with Crippen LogP contribution in [0.4, 0.5) is 24.7 Å². The van der Waals surface area contributed by atoms with Crippen LogP contribution in [0.1, 0.15) is 34.4 Å². The van der Waals surface area contributed by atoms with Gasteiger partial charge in [-0.1, -0.05) is 44.0 Å². The van der Waals surface area contributed by atoms with E-state index in [0.717, 1.165) is 13.6 Å². The maximum absolute atomic E-state index is 13.8. The number of amides is 1. The lowest BCUT2D eigenvalue weighted by molar-refractivity contribution is -0.173. The van der Waals surface area contributed by atoms with Gasteiger partial charge in [-0.05, 0) is 42.0 Å². The van der Waals surface area contributed by atoms with Crippen molar-refractivity contribution in [3.8, 4) is 0 Å². The van der Waals surface area contributed by atoms with Crippen LogP contribution in [0.2, 0.25) is 0 Å². The number of rotatable bonds is 3. The predicted octanol–water partition coefficient (Wildman–Crippen LogP) is 6.32. The second-order valence-corrected chi connectivity index (χ2v) is 8.69. The maximum atomic E-state index is 13.8. The number of anilines is 2. The molecule has 5 nitrogen and oxygen atoms in total. The van der Waals surface area contributed by atoms with Crippen LogP contribution >= 0.6 is 31.9 Å². The molecule has 1 aliphatic heterocycles. The normalized spacial score (nSPS) is 18.4. The fourth-order valence-corrected chi connectivity index (χ4v) is 3.90. The van der Waals surface area contributed by atoms with Gasteiger partial charge in [0.25, 0.3) is 5.91 Å². The van der Waals surface area contributed by atoms with Crippen LogP contribution in [-0.4, -0.2) is 21.9 Å². The molecule has 0 unspecified atom stereocenters. The van der Waals surface area contributed by atoms with Crippen LogP contribution in [0.5, 0.6) is 0 Å². The molecule has 3 aromatic rings. The summed E-state index contributed by atoms with van der Waals surface area (Å²) in [6.07, 6.45) is -3.57. The molecule has 0 bridgehead atoms. The monoisotopic (exact) mass is 542 g/mol. The highest BCUT2D eigenvalue weighted by Gasteiger charge is 2.47. The van der Waals surface area contributed by atoms with E-state index in [2.05, 4.69) is 47.6 Å². The van der Waals surface area contributed by atoms with Crippen LogP contribution < -0.4 is 10.6 Å². The zero-order valence-electron chi connectivity index (χ0n) is 15.3. The van der Waals surface area contributed by atoms with Crippen molar-refractivity contribution in [2.45, 2.75) is 24.7 Å². The van der Waals surface area contributed by atoms with Gasteiger partial charge in [-0.25, -0.2) is 4.68 Å². The smallest absolute Gasteiger partial charge is 0.363 e.